The van der Waals surface area contributed by atoms with Crippen molar-refractivity contribution in [3.05, 3.63) is 70.8 Å². The van der Waals surface area contributed by atoms with Crippen LogP contribution in [0, 0.1) is 0 Å². The molecule has 0 unspecified atom stereocenters. The molecule has 0 saturated heterocycles. The van der Waals surface area contributed by atoms with E-state index in [4.69, 9.17) is 0 Å². The average molecular weight is 537 g/mol. The van der Waals surface area contributed by atoms with Crippen LogP contribution in [0.3, 0.4) is 0 Å². The van der Waals surface area contributed by atoms with Crippen LogP contribution in [0.15, 0.2) is 48.5 Å². The number of hydrogen-bond acceptors (Lipinski definition) is 4. The highest BCUT2D eigenvalue weighted by atomic mass is 14.9. The van der Waals surface area contributed by atoms with Gasteiger partial charge in [-0.1, -0.05) is 109 Å². The lowest BCUT2D eigenvalue weighted by molar-refractivity contribution is 0.537. The van der Waals surface area contributed by atoms with Crippen molar-refractivity contribution in [3.63, 3.8) is 0 Å². The van der Waals surface area contributed by atoms with Gasteiger partial charge in [-0.2, -0.15) is 0 Å². The molecular weight excluding hydrogens is 476 g/mol. The lowest BCUT2D eigenvalue weighted by Gasteiger charge is -2.19. The predicted molar refractivity (Wildman–Crippen MR) is 172 cm³/mol. The Morgan fingerprint density at radius 2 is 0.692 bits per heavy atom. The van der Waals surface area contributed by atoms with Crippen LogP contribution >= 0.6 is 0 Å². The summed E-state index contributed by atoms with van der Waals surface area (Å²) in [6, 6.07) is 18.1. The highest BCUT2D eigenvalue weighted by Crippen LogP contribution is 2.23. The Labute approximate surface area is 241 Å². The number of nitrogens with one attached hydrogen (secondary N) is 4. The van der Waals surface area contributed by atoms with Crippen molar-refractivity contribution < 1.29 is 0 Å². The molecule has 2 aromatic carbocycles. The molecule has 0 heterocycles. The molecule has 0 radical (unpaired) electrons. The normalized spacial score (nSPS) is 12.3. The molecule has 4 nitrogen and oxygen atoms in total. The number of rotatable bonds is 20. The Kier molecular flexibility index (Phi) is 16.0. The molecular formula is C35H60N4. The van der Waals surface area contributed by atoms with Crippen molar-refractivity contribution in [1.29, 1.82) is 0 Å². The summed E-state index contributed by atoms with van der Waals surface area (Å²) in [7, 11) is 0. The van der Waals surface area contributed by atoms with Crippen LogP contribution in [0.25, 0.3) is 0 Å². The van der Waals surface area contributed by atoms with Gasteiger partial charge in [0, 0.05) is 13.1 Å². The van der Waals surface area contributed by atoms with Gasteiger partial charge in [0.2, 0.25) is 0 Å². The highest BCUT2D eigenvalue weighted by molar-refractivity contribution is 5.28. The molecule has 2 rings (SSSR count). The molecule has 4 heteroatoms. The zero-order valence-electron chi connectivity index (χ0n) is 26.2. The Morgan fingerprint density at radius 3 is 1.05 bits per heavy atom. The van der Waals surface area contributed by atoms with Crippen molar-refractivity contribution >= 4 is 0 Å². The van der Waals surface area contributed by atoms with Crippen molar-refractivity contribution in [3.8, 4) is 0 Å². The Morgan fingerprint density at radius 1 is 0.385 bits per heavy atom. The molecule has 0 atom stereocenters. The zero-order valence-corrected chi connectivity index (χ0v) is 26.2. The molecule has 0 aliphatic heterocycles. The molecule has 0 aliphatic carbocycles. The zero-order chi connectivity index (χ0) is 28.4. The van der Waals surface area contributed by atoms with Crippen molar-refractivity contribution in [1.82, 2.24) is 21.3 Å². The van der Waals surface area contributed by atoms with Gasteiger partial charge in [0.25, 0.3) is 0 Å². The van der Waals surface area contributed by atoms with E-state index in [9.17, 15) is 0 Å². The van der Waals surface area contributed by atoms with Crippen molar-refractivity contribution in [2.45, 2.75) is 110 Å². The summed E-state index contributed by atoms with van der Waals surface area (Å²) in [5.41, 5.74) is 6.01. The Balaban J connectivity index is 1.29. The Hall–Kier alpha value is -1.72. The van der Waals surface area contributed by atoms with E-state index in [-0.39, 0.29) is 10.8 Å². The SMILES string of the molecule is CC(C)(C)c1ccc(CNCCCNCCCCCCCNCCCNCc2ccc(C(C)(C)C)cc2)cc1. The third-order valence-electron chi connectivity index (χ3n) is 7.42. The van der Waals surface area contributed by atoms with Crippen LogP contribution in [0.1, 0.15) is 109 Å². The van der Waals surface area contributed by atoms with E-state index < -0.39 is 0 Å². The maximum absolute atomic E-state index is 3.60. The van der Waals surface area contributed by atoms with Crippen LogP contribution in [-0.4, -0.2) is 39.3 Å². The van der Waals surface area contributed by atoms with Gasteiger partial charge in [0.05, 0.1) is 0 Å². The molecule has 0 fully saturated rings. The van der Waals surface area contributed by atoms with Crippen LogP contribution in [0.5, 0.6) is 0 Å². The maximum Gasteiger partial charge on any atom is 0.0205 e. The molecule has 0 spiro atoms. The van der Waals surface area contributed by atoms with E-state index in [1.54, 1.807) is 0 Å². The minimum atomic E-state index is 0.230. The standard InChI is InChI=1S/C35H60N4/c1-34(2,3)32-18-14-30(15-19-32)28-38-26-12-24-36-22-10-8-7-9-11-23-37-25-13-27-39-29-31-16-20-33(21-17-31)35(4,5)6/h14-21,36-39H,7-13,22-29H2,1-6H3. The van der Waals surface area contributed by atoms with Gasteiger partial charge in [-0.05, 0) is 98.0 Å². The first-order valence-corrected chi connectivity index (χ1v) is 15.7. The Bertz CT molecular complexity index is 786. The molecule has 2 aromatic rings. The van der Waals surface area contributed by atoms with Gasteiger partial charge in [-0.15, -0.1) is 0 Å². The minimum absolute atomic E-state index is 0.230. The fraction of sp³-hybridized carbons (Fsp3) is 0.657. The molecule has 0 aliphatic rings. The summed E-state index contributed by atoms with van der Waals surface area (Å²) in [6.07, 6.45) is 9.01. The average Bonchev–Trinajstić information content (AvgIpc) is 2.89. The fourth-order valence-corrected chi connectivity index (χ4v) is 4.67. The summed E-state index contributed by atoms with van der Waals surface area (Å²) >= 11 is 0. The molecule has 0 saturated carbocycles. The minimum Gasteiger partial charge on any atom is -0.317 e. The van der Waals surface area contributed by atoms with E-state index in [1.165, 1.54) is 67.2 Å². The first kappa shape index (κ1) is 33.5. The monoisotopic (exact) mass is 536 g/mol. The summed E-state index contributed by atoms with van der Waals surface area (Å²) in [5.74, 6) is 0. The van der Waals surface area contributed by atoms with Crippen LogP contribution in [0.4, 0.5) is 0 Å². The third kappa shape index (κ3) is 15.6. The second-order valence-corrected chi connectivity index (χ2v) is 13.2. The van der Waals surface area contributed by atoms with Crippen molar-refractivity contribution in [2.24, 2.45) is 0 Å². The summed E-state index contributed by atoms with van der Waals surface area (Å²) < 4.78 is 0. The second kappa shape index (κ2) is 18.6. The molecule has 4 N–H and O–H groups in total. The predicted octanol–water partition coefficient (Wildman–Crippen LogP) is 7.07. The van der Waals surface area contributed by atoms with Gasteiger partial charge in [0.15, 0.2) is 0 Å². The second-order valence-electron chi connectivity index (χ2n) is 13.2. The lowest BCUT2D eigenvalue weighted by Crippen LogP contribution is -2.23. The van der Waals surface area contributed by atoms with Gasteiger partial charge >= 0.3 is 0 Å². The molecule has 0 amide bonds. The third-order valence-corrected chi connectivity index (χ3v) is 7.42. The number of benzene rings is 2. The largest absolute Gasteiger partial charge is 0.317 e. The van der Waals surface area contributed by atoms with Gasteiger partial charge in [-0.3, -0.25) is 0 Å². The fourth-order valence-electron chi connectivity index (χ4n) is 4.67. The smallest absolute Gasteiger partial charge is 0.0205 e. The first-order valence-electron chi connectivity index (χ1n) is 15.7. The van der Waals surface area contributed by atoms with E-state index in [0.29, 0.717) is 0 Å². The van der Waals surface area contributed by atoms with E-state index >= 15 is 0 Å². The van der Waals surface area contributed by atoms with E-state index in [2.05, 4.69) is 111 Å². The van der Waals surface area contributed by atoms with Crippen LogP contribution in [0.2, 0.25) is 0 Å². The topological polar surface area (TPSA) is 48.1 Å². The first-order chi connectivity index (χ1) is 18.7. The van der Waals surface area contributed by atoms with Crippen LogP contribution in [-0.2, 0) is 23.9 Å². The summed E-state index contributed by atoms with van der Waals surface area (Å²) in [5, 5.41) is 14.4. The van der Waals surface area contributed by atoms with Crippen molar-refractivity contribution in [2.75, 3.05) is 39.3 Å². The number of unbranched alkanes of at least 4 members (excludes halogenated alkanes) is 4. The van der Waals surface area contributed by atoms with Crippen LogP contribution < -0.4 is 21.3 Å². The maximum atomic E-state index is 3.60. The highest BCUT2D eigenvalue weighted by Gasteiger charge is 2.13. The van der Waals surface area contributed by atoms with Gasteiger partial charge in [0.1, 0.15) is 0 Å². The summed E-state index contributed by atoms with van der Waals surface area (Å²) in [6.45, 7) is 22.2. The lowest BCUT2D eigenvalue weighted by atomic mass is 9.87. The van der Waals surface area contributed by atoms with Gasteiger partial charge < -0.3 is 21.3 Å². The van der Waals surface area contributed by atoms with Gasteiger partial charge in [-0.25, -0.2) is 0 Å². The molecule has 0 aromatic heterocycles. The molecule has 220 valence electrons. The summed E-state index contributed by atoms with van der Waals surface area (Å²) in [4.78, 5) is 0. The molecule has 0 bridgehead atoms. The van der Waals surface area contributed by atoms with E-state index in [1.807, 2.05) is 0 Å². The quantitative estimate of drug-likeness (QED) is 0.137. The molecule has 39 heavy (non-hydrogen) atoms. The number of hydrogen-bond donors (Lipinski definition) is 4. The van der Waals surface area contributed by atoms with E-state index in [0.717, 1.165) is 52.4 Å².